The molecule has 1 aliphatic carbocycles. The third kappa shape index (κ3) is 3.97. The highest BCUT2D eigenvalue weighted by atomic mass is 16.3. The Hall–Kier alpha value is -2.27. The second kappa shape index (κ2) is 7.53. The van der Waals surface area contributed by atoms with Gasteiger partial charge >= 0.3 is 0 Å². The minimum absolute atomic E-state index is 0.157. The summed E-state index contributed by atoms with van der Waals surface area (Å²) in [6.45, 7) is 2.15. The zero-order valence-corrected chi connectivity index (χ0v) is 13.9. The first kappa shape index (κ1) is 16.6. The van der Waals surface area contributed by atoms with E-state index >= 15 is 0 Å². The Labute approximate surface area is 142 Å². The average molecular weight is 325 g/mol. The maximum absolute atomic E-state index is 12.3. The molecule has 1 fully saturated rings. The quantitative estimate of drug-likeness (QED) is 0.886. The first-order chi connectivity index (χ1) is 11.6. The molecule has 5 nitrogen and oxygen atoms in total. The number of aryl methyl sites for hydroxylation is 1. The van der Waals surface area contributed by atoms with Gasteiger partial charge in [0.25, 0.3) is 5.91 Å². The van der Waals surface area contributed by atoms with Crippen LogP contribution in [0.15, 0.2) is 36.5 Å². The number of aromatic nitrogens is 2. The minimum Gasteiger partial charge on any atom is -0.387 e. The lowest BCUT2D eigenvalue weighted by molar-refractivity contribution is 0.0911. The Morgan fingerprint density at radius 3 is 2.67 bits per heavy atom. The zero-order valence-electron chi connectivity index (χ0n) is 13.9. The van der Waals surface area contributed by atoms with Crippen LogP contribution in [0.1, 0.15) is 65.1 Å². The molecule has 0 aliphatic heterocycles. The maximum atomic E-state index is 12.3. The first-order valence-corrected chi connectivity index (χ1v) is 8.49. The summed E-state index contributed by atoms with van der Waals surface area (Å²) in [4.78, 5) is 21.0. The number of nitrogens with zero attached hydrogens (tertiary/aromatic N) is 2. The third-order valence-electron chi connectivity index (χ3n) is 4.55. The van der Waals surface area contributed by atoms with Gasteiger partial charge in [-0.3, -0.25) is 4.79 Å². The summed E-state index contributed by atoms with van der Waals surface area (Å²) >= 11 is 0. The van der Waals surface area contributed by atoms with E-state index in [0.29, 0.717) is 11.6 Å². The van der Waals surface area contributed by atoms with Gasteiger partial charge in [-0.1, -0.05) is 42.7 Å². The van der Waals surface area contributed by atoms with Gasteiger partial charge in [-0.2, -0.15) is 0 Å². The second-order valence-corrected chi connectivity index (χ2v) is 6.42. The van der Waals surface area contributed by atoms with Gasteiger partial charge in [-0.05, 0) is 31.4 Å². The number of hydrogen-bond acceptors (Lipinski definition) is 4. The van der Waals surface area contributed by atoms with Crippen molar-refractivity contribution >= 4 is 5.91 Å². The van der Waals surface area contributed by atoms with E-state index in [9.17, 15) is 9.90 Å². The van der Waals surface area contributed by atoms with Crippen LogP contribution in [0.3, 0.4) is 0 Å². The van der Waals surface area contributed by atoms with Crippen molar-refractivity contribution in [2.24, 2.45) is 0 Å². The van der Waals surface area contributed by atoms with Crippen LogP contribution in [-0.4, -0.2) is 27.5 Å². The molecular formula is C19H23N3O2. The summed E-state index contributed by atoms with van der Waals surface area (Å²) in [6, 6.07) is 9.24. The SMILES string of the molecule is Cc1ccc(C(O)CNC(=O)c2ccnc(C3CCCC3)n2)cc1. The van der Waals surface area contributed by atoms with Gasteiger partial charge in [0, 0.05) is 18.7 Å². The fourth-order valence-corrected chi connectivity index (χ4v) is 3.07. The Morgan fingerprint density at radius 2 is 1.96 bits per heavy atom. The lowest BCUT2D eigenvalue weighted by Gasteiger charge is -2.13. The first-order valence-electron chi connectivity index (χ1n) is 8.49. The highest BCUT2D eigenvalue weighted by Gasteiger charge is 2.21. The molecule has 1 aromatic heterocycles. The molecule has 0 spiro atoms. The highest BCUT2D eigenvalue weighted by molar-refractivity contribution is 5.92. The zero-order chi connectivity index (χ0) is 16.9. The number of aliphatic hydroxyl groups is 1. The van der Waals surface area contributed by atoms with E-state index in [1.165, 1.54) is 12.8 Å². The van der Waals surface area contributed by atoms with E-state index in [1.807, 2.05) is 31.2 Å². The summed E-state index contributed by atoms with van der Waals surface area (Å²) in [5.41, 5.74) is 2.29. The van der Waals surface area contributed by atoms with Gasteiger partial charge in [0.05, 0.1) is 6.10 Å². The third-order valence-corrected chi connectivity index (χ3v) is 4.55. The lowest BCUT2D eigenvalue weighted by atomic mass is 10.1. The van der Waals surface area contributed by atoms with Crippen LogP contribution >= 0.6 is 0 Å². The monoisotopic (exact) mass is 325 g/mol. The average Bonchev–Trinajstić information content (AvgIpc) is 3.15. The normalized spacial score (nSPS) is 16.1. The van der Waals surface area contributed by atoms with Crippen molar-refractivity contribution in [1.29, 1.82) is 0 Å². The Morgan fingerprint density at radius 1 is 1.25 bits per heavy atom. The van der Waals surface area contributed by atoms with Crippen molar-refractivity contribution in [2.45, 2.75) is 44.6 Å². The smallest absolute Gasteiger partial charge is 0.270 e. The molecule has 0 saturated heterocycles. The molecule has 1 aromatic carbocycles. The molecule has 1 heterocycles. The van der Waals surface area contributed by atoms with Crippen molar-refractivity contribution in [1.82, 2.24) is 15.3 Å². The van der Waals surface area contributed by atoms with E-state index in [4.69, 9.17) is 0 Å². The summed E-state index contributed by atoms with van der Waals surface area (Å²) < 4.78 is 0. The van der Waals surface area contributed by atoms with E-state index in [2.05, 4.69) is 15.3 Å². The molecule has 3 rings (SSSR count). The number of carbonyl (C=O) groups excluding carboxylic acids is 1. The summed E-state index contributed by atoms with van der Waals surface area (Å²) in [5.74, 6) is 0.859. The molecule has 1 saturated carbocycles. The van der Waals surface area contributed by atoms with Gasteiger partial charge in [0.1, 0.15) is 11.5 Å². The van der Waals surface area contributed by atoms with Crippen LogP contribution < -0.4 is 5.32 Å². The number of rotatable bonds is 5. The van der Waals surface area contributed by atoms with Gasteiger partial charge in [-0.15, -0.1) is 0 Å². The number of benzene rings is 1. The molecule has 1 atom stereocenters. The summed E-state index contributed by atoms with van der Waals surface area (Å²) in [7, 11) is 0. The van der Waals surface area contributed by atoms with Crippen LogP contribution in [0.4, 0.5) is 0 Å². The number of hydrogen-bond donors (Lipinski definition) is 2. The van der Waals surface area contributed by atoms with Gasteiger partial charge in [0.15, 0.2) is 0 Å². The molecule has 0 radical (unpaired) electrons. The van der Waals surface area contributed by atoms with Crippen molar-refractivity contribution in [2.75, 3.05) is 6.54 Å². The molecule has 126 valence electrons. The summed E-state index contributed by atoms with van der Waals surface area (Å²) in [6.07, 6.45) is 5.51. The molecule has 1 amide bonds. The highest BCUT2D eigenvalue weighted by Crippen LogP contribution is 2.31. The standard InChI is InChI=1S/C19H23N3O2/c1-13-6-8-14(9-7-13)17(23)12-21-19(24)16-10-11-20-18(22-16)15-4-2-3-5-15/h6-11,15,17,23H,2-5,12H2,1H3,(H,21,24). The predicted octanol–water partition coefficient (Wildman–Crippen LogP) is 2.91. The van der Waals surface area contributed by atoms with Crippen LogP contribution in [0, 0.1) is 6.92 Å². The topological polar surface area (TPSA) is 75.1 Å². The number of carbonyl (C=O) groups is 1. The molecule has 5 heteroatoms. The second-order valence-electron chi connectivity index (χ2n) is 6.42. The van der Waals surface area contributed by atoms with Crippen molar-refractivity contribution in [3.63, 3.8) is 0 Å². The Balaban J connectivity index is 1.60. The van der Waals surface area contributed by atoms with Crippen molar-refractivity contribution in [3.05, 3.63) is 59.2 Å². The van der Waals surface area contributed by atoms with E-state index in [-0.39, 0.29) is 12.5 Å². The van der Waals surface area contributed by atoms with Gasteiger partial charge in [0.2, 0.25) is 0 Å². The number of nitrogens with one attached hydrogen (secondary N) is 1. The molecular weight excluding hydrogens is 302 g/mol. The fourth-order valence-electron chi connectivity index (χ4n) is 3.07. The lowest BCUT2D eigenvalue weighted by Crippen LogP contribution is -2.29. The van der Waals surface area contributed by atoms with Gasteiger partial charge < -0.3 is 10.4 Å². The van der Waals surface area contributed by atoms with Crippen molar-refractivity contribution in [3.8, 4) is 0 Å². The molecule has 24 heavy (non-hydrogen) atoms. The minimum atomic E-state index is -0.731. The fraction of sp³-hybridized carbons (Fsp3) is 0.421. The Kier molecular flexibility index (Phi) is 5.20. The van der Waals surface area contributed by atoms with Crippen LogP contribution in [0.2, 0.25) is 0 Å². The van der Waals surface area contributed by atoms with E-state index in [0.717, 1.165) is 29.8 Å². The number of amides is 1. The molecule has 1 aliphatic rings. The van der Waals surface area contributed by atoms with Gasteiger partial charge in [-0.25, -0.2) is 9.97 Å². The summed E-state index contributed by atoms with van der Waals surface area (Å²) in [5, 5.41) is 12.9. The maximum Gasteiger partial charge on any atom is 0.270 e. The van der Waals surface area contributed by atoms with Crippen molar-refractivity contribution < 1.29 is 9.90 Å². The molecule has 1 unspecified atom stereocenters. The van der Waals surface area contributed by atoms with Crippen LogP contribution in [0.25, 0.3) is 0 Å². The number of aliphatic hydroxyl groups excluding tert-OH is 1. The van der Waals surface area contributed by atoms with E-state index in [1.54, 1.807) is 12.3 Å². The van der Waals surface area contributed by atoms with Crippen LogP contribution in [0.5, 0.6) is 0 Å². The largest absolute Gasteiger partial charge is 0.387 e. The Bertz CT molecular complexity index is 694. The molecule has 2 aromatic rings. The molecule has 2 N–H and O–H groups in total. The molecule has 0 bridgehead atoms. The van der Waals surface area contributed by atoms with Crippen LogP contribution in [-0.2, 0) is 0 Å². The van der Waals surface area contributed by atoms with E-state index < -0.39 is 6.10 Å². The predicted molar refractivity (Wildman–Crippen MR) is 91.7 cm³/mol.